The molecule has 7 heteroatoms. The molecule has 0 saturated carbocycles. The molecule has 124 valence electrons. The predicted molar refractivity (Wildman–Crippen MR) is 88.2 cm³/mol. The van der Waals surface area contributed by atoms with E-state index in [0.29, 0.717) is 42.4 Å². The van der Waals surface area contributed by atoms with Gasteiger partial charge in [-0.1, -0.05) is 12.1 Å². The zero-order valence-electron chi connectivity index (χ0n) is 12.8. The van der Waals surface area contributed by atoms with Gasteiger partial charge in [0.05, 0.1) is 18.8 Å². The molecule has 1 aliphatic heterocycles. The van der Waals surface area contributed by atoms with Crippen molar-refractivity contribution in [1.82, 2.24) is 0 Å². The first-order chi connectivity index (χ1) is 11.6. The van der Waals surface area contributed by atoms with Gasteiger partial charge in [-0.3, -0.25) is 0 Å². The van der Waals surface area contributed by atoms with Crippen LogP contribution in [0.1, 0.15) is 26.4 Å². The fourth-order valence-corrected chi connectivity index (χ4v) is 3.86. The summed E-state index contributed by atoms with van der Waals surface area (Å²) in [4.78, 5) is 13.8. The number of carboxylic acid groups (broad SMARTS) is 1. The van der Waals surface area contributed by atoms with Crippen molar-refractivity contribution in [3.05, 3.63) is 51.7 Å². The van der Waals surface area contributed by atoms with E-state index in [1.807, 2.05) is 4.90 Å². The number of hydrogen-bond acceptors (Lipinski definition) is 5. The van der Waals surface area contributed by atoms with Gasteiger partial charge in [-0.15, -0.1) is 11.3 Å². The summed E-state index contributed by atoms with van der Waals surface area (Å²) in [5.74, 6) is -1.40. The summed E-state index contributed by atoms with van der Waals surface area (Å²) >= 11 is 1.12. The third-order valence-corrected chi connectivity index (χ3v) is 5.17. The molecular weight excluding hydrogens is 331 g/mol. The largest absolute Gasteiger partial charge is 0.477 e. The monoisotopic (exact) mass is 346 g/mol. The molecule has 0 amide bonds. The van der Waals surface area contributed by atoms with Crippen molar-refractivity contribution in [2.75, 3.05) is 31.2 Å². The minimum atomic E-state index is -1.05. The Morgan fingerprint density at radius 2 is 2.00 bits per heavy atom. The molecule has 2 heterocycles. The molecule has 1 N–H and O–H groups in total. The summed E-state index contributed by atoms with van der Waals surface area (Å²) in [5.41, 5.74) is 1.65. The number of carbonyl (C=O) groups is 1. The van der Waals surface area contributed by atoms with Crippen LogP contribution in [0.5, 0.6) is 0 Å². The first kappa shape index (κ1) is 16.4. The van der Waals surface area contributed by atoms with Gasteiger partial charge in [0.15, 0.2) is 0 Å². The zero-order valence-corrected chi connectivity index (χ0v) is 13.6. The molecule has 0 radical (unpaired) electrons. The van der Waals surface area contributed by atoms with Crippen molar-refractivity contribution in [3.8, 4) is 6.07 Å². The number of aromatic carboxylic acids is 1. The van der Waals surface area contributed by atoms with E-state index in [4.69, 9.17) is 4.74 Å². The number of ether oxygens (including phenoxy) is 1. The number of nitrogens with zero attached hydrogens (tertiary/aromatic N) is 2. The standard InChI is InChI=1S/C17H15FN2O3S/c18-12-3-1-11(2-4-12)9-13-14(10-19)16(24-15(13)17(21)22)20-5-7-23-8-6-20/h1-4H,5-9H2,(H,21,22). The fraction of sp³-hybridized carbons (Fsp3) is 0.294. The Hall–Kier alpha value is -2.43. The Morgan fingerprint density at radius 3 is 2.58 bits per heavy atom. The van der Waals surface area contributed by atoms with Crippen LogP contribution < -0.4 is 4.90 Å². The lowest BCUT2D eigenvalue weighted by atomic mass is 10.0. The molecule has 0 bridgehead atoms. The van der Waals surface area contributed by atoms with Crippen LogP contribution in [0.4, 0.5) is 9.39 Å². The lowest BCUT2D eigenvalue weighted by molar-refractivity contribution is 0.0701. The van der Waals surface area contributed by atoms with E-state index in [1.165, 1.54) is 12.1 Å². The first-order valence-corrected chi connectivity index (χ1v) is 8.28. The van der Waals surface area contributed by atoms with Crippen LogP contribution in [-0.4, -0.2) is 37.4 Å². The van der Waals surface area contributed by atoms with Crippen molar-refractivity contribution in [3.63, 3.8) is 0 Å². The summed E-state index contributed by atoms with van der Waals surface area (Å²) in [6, 6.07) is 8.03. The van der Waals surface area contributed by atoms with Gasteiger partial charge >= 0.3 is 5.97 Å². The highest BCUT2D eigenvalue weighted by Crippen LogP contribution is 2.37. The number of halogens is 1. The predicted octanol–water partition coefficient (Wildman–Crippen LogP) is 2.88. The molecule has 1 saturated heterocycles. The normalized spacial score (nSPS) is 14.4. The lowest BCUT2D eigenvalue weighted by Crippen LogP contribution is -2.36. The van der Waals surface area contributed by atoms with Crippen LogP contribution >= 0.6 is 11.3 Å². The fourth-order valence-electron chi connectivity index (χ4n) is 2.70. The Labute approximate surface area is 142 Å². The maximum absolute atomic E-state index is 13.1. The van der Waals surface area contributed by atoms with Crippen molar-refractivity contribution in [1.29, 1.82) is 5.26 Å². The highest BCUT2D eigenvalue weighted by atomic mass is 32.1. The van der Waals surface area contributed by atoms with E-state index < -0.39 is 5.97 Å². The van der Waals surface area contributed by atoms with E-state index >= 15 is 0 Å². The highest BCUT2D eigenvalue weighted by molar-refractivity contribution is 7.18. The number of morpholine rings is 1. The third-order valence-electron chi connectivity index (χ3n) is 3.89. The van der Waals surface area contributed by atoms with Crippen LogP contribution in [0.2, 0.25) is 0 Å². The highest BCUT2D eigenvalue weighted by Gasteiger charge is 2.26. The summed E-state index contributed by atoms with van der Waals surface area (Å²) < 4.78 is 18.4. The number of hydrogen-bond donors (Lipinski definition) is 1. The van der Waals surface area contributed by atoms with Gasteiger partial charge in [0.1, 0.15) is 21.8 Å². The van der Waals surface area contributed by atoms with Crippen LogP contribution in [0.15, 0.2) is 24.3 Å². The van der Waals surface area contributed by atoms with E-state index in [2.05, 4.69) is 6.07 Å². The number of thiophene rings is 1. The average molecular weight is 346 g/mol. The summed E-state index contributed by atoms with van der Waals surface area (Å²) in [5, 5.41) is 19.8. The summed E-state index contributed by atoms with van der Waals surface area (Å²) in [6.45, 7) is 2.37. The molecule has 24 heavy (non-hydrogen) atoms. The molecule has 0 atom stereocenters. The second kappa shape index (κ2) is 6.99. The second-order valence-electron chi connectivity index (χ2n) is 5.41. The lowest BCUT2D eigenvalue weighted by Gasteiger charge is -2.27. The van der Waals surface area contributed by atoms with Crippen molar-refractivity contribution in [2.24, 2.45) is 0 Å². The second-order valence-corrected chi connectivity index (χ2v) is 6.41. The summed E-state index contributed by atoms with van der Waals surface area (Å²) in [7, 11) is 0. The SMILES string of the molecule is N#Cc1c(N2CCOCC2)sc(C(=O)O)c1Cc1ccc(F)cc1. The molecule has 3 rings (SSSR count). The van der Waals surface area contributed by atoms with Crippen molar-refractivity contribution >= 4 is 22.3 Å². The Bertz CT molecular complexity index is 789. The Balaban J connectivity index is 2.02. The smallest absolute Gasteiger partial charge is 0.346 e. The van der Waals surface area contributed by atoms with Gasteiger partial charge in [0.2, 0.25) is 0 Å². The maximum atomic E-state index is 13.1. The number of benzene rings is 1. The molecule has 1 aromatic carbocycles. The van der Waals surface area contributed by atoms with Gasteiger partial charge in [-0.25, -0.2) is 9.18 Å². The molecule has 2 aromatic rings. The quantitative estimate of drug-likeness (QED) is 0.921. The number of anilines is 1. The number of rotatable bonds is 4. The molecule has 5 nitrogen and oxygen atoms in total. The molecular formula is C17H15FN2O3S. The molecule has 1 aromatic heterocycles. The molecule has 0 unspecified atom stereocenters. The van der Waals surface area contributed by atoms with Crippen LogP contribution in [0, 0.1) is 17.1 Å². The van der Waals surface area contributed by atoms with Crippen LogP contribution in [0.3, 0.4) is 0 Å². The number of nitriles is 1. The Kier molecular flexibility index (Phi) is 4.79. The van der Waals surface area contributed by atoms with Gasteiger partial charge in [0.25, 0.3) is 0 Å². The third kappa shape index (κ3) is 3.25. The van der Waals surface area contributed by atoms with E-state index in [9.17, 15) is 19.6 Å². The van der Waals surface area contributed by atoms with Crippen LogP contribution in [-0.2, 0) is 11.2 Å². The van der Waals surface area contributed by atoms with Crippen molar-refractivity contribution in [2.45, 2.75) is 6.42 Å². The van der Waals surface area contributed by atoms with E-state index in [0.717, 1.165) is 16.9 Å². The molecule has 1 aliphatic rings. The maximum Gasteiger partial charge on any atom is 0.346 e. The van der Waals surface area contributed by atoms with E-state index in [-0.39, 0.29) is 17.1 Å². The first-order valence-electron chi connectivity index (χ1n) is 7.46. The van der Waals surface area contributed by atoms with Gasteiger partial charge < -0.3 is 14.7 Å². The van der Waals surface area contributed by atoms with Gasteiger partial charge in [-0.2, -0.15) is 5.26 Å². The van der Waals surface area contributed by atoms with Crippen molar-refractivity contribution < 1.29 is 19.0 Å². The topological polar surface area (TPSA) is 73.6 Å². The van der Waals surface area contributed by atoms with Gasteiger partial charge in [-0.05, 0) is 17.7 Å². The average Bonchev–Trinajstić information content (AvgIpc) is 2.96. The van der Waals surface area contributed by atoms with Gasteiger partial charge in [0, 0.05) is 25.1 Å². The van der Waals surface area contributed by atoms with Crippen LogP contribution in [0.25, 0.3) is 0 Å². The summed E-state index contributed by atoms with van der Waals surface area (Å²) in [6.07, 6.45) is 0.283. The molecule has 0 spiro atoms. The number of carboxylic acids is 1. The Morgan fingerprint density at radius 1 is 1.33 bits per heavy atom. The molecule has 0 aliphatic carbocycles. The zero-order chi connectivity index (χ0) is 17.1. The van der Waals surface area contributed by atoms with E-state index in [1.54, 1.807) is 12.1 Å². The minimum Gasteiger partial charge on any atom is -0.477 e. The minimum absolute atomic E-state index is 0.164. The molecule has 1 fully saturated rings.